The van der Waals surface area contributed by atoms with E-state index in [0.717, 1.165) is 22.2 Å². The molecule has 1 N–H and O–H groups in total. The highest BCUT2D eigenvalue weighted by Gasteiger charge is 2.14. The Kier molecular flexibility index (Phi) is 4.09. The molecule has 0 saturated heterocycles. The Labute approximate surface area is 112 Å². The number of hydrogen-bond donors (Lipinski definition) is 1. The Morgan fingerprint density at radius 1 is 1.06 bits per heavy atom. The third-order valence-corrected chi connectivity index (χ3v) is 3.19. The van der Waals surface area contributed by atoms with E-state index < -0.39 is 17.7 Å². The van der Waals surface area contributed by atoms with Crippen molar-refractivity contribution in [3.63, 3.8) is 0 Å². The van der Waals surface area contributed by atoms with Gasteiger partial charge in [-0.15, -0.1) is 0 Å². The summed E-state index contributed by atoms with van der Waals surface area (Å²) in [6.45, 7) is 0. The largest absolute Gasteiger partial charge is 0.388 e. The molecule has 2 aromatic carbocycles. The quantitative estimate of drug-likeness (QED) is 0.908. The number of halogens is 3. The van der Waals surface area contributed by atoms with Crippen molar-refractivity contribution in [2.24, 2.45) is 0 Å². The first-order valence-corrected chi connectivity index (χ1v) is 6.23. The zero-order valence-corrected chi connectivity index (χ0v) is 11.0. The van der Waals surface area contributed by atoms with E-state index in [2.05, 4.69) is 15.9 Å². The van der Waals surface area contributed by atoms with Crippen LogP contribution in [-0.2, 0) is 6.42 Å². The van der Waals surface area contributed by atoms with Crippen molar-refractivity contribution in [2.75, 3.05) is 0 Å². The summed E-state index contributed by atoms with van der Waals surface area (Å²) in [6, 6.07) is 10.6. The number of rotatable bonds is 3. The molecule has 0 bridgehead atoms. The lowest BCUT2D eigenvalue weighted by Crippen LogP contribution is -2.04. The molecule has 0 aliphatic heterocycles. The molecule has 0 aromatic heterocycles. The highest BCUT2D eigenvalue weighted by molar-refractivity contribution is 9.10. The van der Waals surface area contributed by atoms with Crippen LogP contribution in [0.4, 0.5) is 8.78 Å². The Balaban J connectivity index is 2.16. The molecule has 1 nitrogen and oxygen atoms in total. The molecule has 0 amide bonds. The van der Waals surface area contributed by atoms with Crippen molar-refractivity contribution < 1.29 is 13.9 Å². The average Bonchev–Trinajstić information content (AvgIpc) is 2.32. The standard InChI is InChI=1S/C14H11BrF2O/c15-10-3-1-9(2-4-10)7-14(18)12-6-5-11(16)8-13(12)17/h1-6,8,14,18H,7H2. The minimum Gasteiger partial charge on any atom is -0.388 e. The van der Waals surface area contributed by atoms with Gasteiger partial charge in [0.2, 0.25) is 0 Å². The molecular weight excluding hydrogens is 302 g/mol. The molecule has 18 heavy (non-hydrogen) atoms. The van der Waals surface area contributed by atoms with Gasteiger partial charge in [-0.05, 0) is 23.8 Å². The lowest BCUT2D eigenvalue weighted by Gasteiger charge is -2.12. The Hall–Kier alpha value is -1.26. The van der Waals surface area contributed by atoms with E-state index in [9.17, 15) is 13.9 Å². The topological polar surface area (TPSA) is 20.2 Å². The molecule has 2 rings (SSSR count). The van der Waals surface area contributed by atoms with Crippen molar-refractivity contribution in [1.82, 2.24) is 0 Å². The van der Waals surface area contributed by atoms with Crippen LogP contribution in [0.5, 0.6) is 0 Å². The number of aliphatic hydroxyl groups excluding tert-OH is 1. The average molecular weight is 313 g/mol. The first-order valence-electron chi connectivity index (χ1n) is 5.44. The van der Waals surface area contributed by atoms with Crippen LogP contribution in [0.25, 0.3) is 0 Å². The van der Waals surface area contributed by atoms with Crippen molar-refractivity contribution >= 4 is 15.9 Å². The molecule has 0 aliphatic carbocycles. The molecule has 0 radical (unpaired) electrons. The van der Waals surface area contributed by atoms with E-state index >= 15 is 0 Å². The normalized spacial score (nSPS) is 12.4. The van der Waals surface area contributed by atoms with Crippen molar-refractivity contribution in [3.8, 4) is 0 Å². The fourth-order valence-corrected chi connectivity index (χ4v) is 1.99. The lowest BCUT2D eigenvalue weighted by molar-refractivity contribution is 0.173. The summed E-state index contributed by atoms with van der Waals surface area (Å²) in [7, 11) is 0. The van der Waals surface area contributed by atoms with E-state index in [-0.39, 0.29) is 12.0 Å². The summed E-state index contributed by atoms with van der Waals surface area (Å²) < 4.78 is 27.2. The summed E-state index contributed by atoms with van der Waals surface area (Å²) in [5.41, 5.74) is 0.994. The summed E-state index contributed by atoms with van der Waals surface area (Å²) in [6.07, 6.45) is -0.692. The van der Waals surface area contributed by atoms with Crippen LogP contribution in [0.15, 0.2) is 46.9 Å². The van der Waals surface area contributed by atoms with E-state index in [1.165, 1.54) is 6.07 Å². The van der Waals surface area contributed by atoms with Gasteiger partial charge in [0.05, 0.1) is 6.10 Å². The van der Waals surface area contributed by atoms with Crippen LogP contribution in [0.1, 0.15) is 17.2 Å². The minimum atomic E-state index is -0.980. The maximum absolute atomic E-state index is 13.5. The minimum absolute atomic E-state index is 0.110. The van der Waals surface area contributed by atoms with Crippen LogP contribution < -0.4 is 0 Å². The van der Waals surface area contributed by atoms with E-state index in [4.69, 9.17) is 0 Å². The van der Waals surface area contributed by atoms with Gasteiger partial charge in [-0.3, -0.25) is 0 Å². The maximum Gasteiger partial charge on any atom is 0.131 e. The van der Waals surface area contributed by atoms with Gasteiger partial charge in [0, 0.05) is 22.5 Å². The molecule has 0 saturated carbocycles. The highest BCUT2D eigenvalue weighted by Crippen LogP contribution is 2.22. The van der Waals surface area contributed by atoms with Gasteiger partial charge in [0.15, 0.2) is 0 Å². The molecule has 1 atom stereocenters. The van der Waals surface area contributed by atoms with E-state index in [1.54, 1.807) is 0 Å². The molecule has 0 fully saturated rings. The monoisotopic (exact) mass is 312 g/mol. The number of hydrogen-bond acceptors (Lipinski definition) is 1. The second kappa shape index (κ2) is 5.59. The Bertz CT molecular complexity index is 540. The lowest BCUT2D eigenvalue weighted by atomic mass is 10.0. The number of aliphatic hydroxyl groups is 1. The van der Waals surface area contributed by atoms with Crippen molar-refractivity contribution in [3.05, 3.63) is 69.7 Å². The Morgan fingerprint density at radius 2 is 1.72 bits per heavy atom. The summed E-state index contributed by atoms with van der Waals surface area (Å²) in [4.78, 5) is 0. The van der Waals surface area contributed by atoms with Crippen molar-refractivity contribution in [1.29, 1.82) is 0 Å². The van der Waals surface area contributed by atoms with Gasteiger partial charge in [-0.1, -0.05) is 34.1 Å². The third-order valence-electron chi connectivity index (χ3n) is 2.66. The summed E-state index contributed by atoms with van der Waals surface area (Å²) in [5, 5.41) is 9.94. The van der Waals surface area contributed by atoms with Crippen LogP contribution in [0.2, 0.25) is 0 Å². The maximum atomic E-state index is 13.5. The van der Waals surface area contributed by atoms with Gasteiger partial charge < -0.3 is 5.11 Å². The zero-order valence-electron chi connectivity index (χ0n) is 9.41. The zero-order chi connectivity index (χ0) is 13.1. The van der Waals surface area contributed by atoms with Gasteiger partial charge in [0.1, 0.15) is 11.6 Å². The van der Waals surface area contributed by atoms with Crippen molar-refractivity contribution in [2.45, 2.75) is 12.5 Å². The third kappa shape index (κ3) is 3.15. The van der Waals surface area contributed by atoms with Gasteiger partial charge in [0.25, 0.3) is 0 Å². The predicted molar refractivity (Wildman–Crippen MR) is 69.2 cm³/mol. The van der Waals surface area contributed by atoms with Crippen LogP contribution in [-0.4, -0.2) is 5.11 Å². The van der Waals surface area contributed by atoms with Gasteiger partial charge >= 0.3 is 0 Å². The molecule has 1 unspecified atom stereocenters. The molecule has 4 heteroatoms. The molecule has 0 heterocycles. The van der Waals surface area contributed by atoms with Crippen LogP contribution in [0.3, 0.4) is 0 Å². The van der Waals surface area contributed by atoms with Gasteiger partial charge in [-0.2, -0.15) is 0 Å². The van der Waals surface area contributed by atoms with E-state index in [1.807, 2.05) is 24.3 Å². The molecule has 94 valence electrons. The first kappa shape index (κ1) is 13.2. The summed E-state index contributed by atoms with van der Waals surface area (Å²) >= 11 is 3.31. The van der Waals surface area contributed by atoms with Gasteiger partial charge in [-0.25, -0.2) is 8.78 Å². The Morgan fingerprint density at radius 3 is 2.33 bits per heavy atom. The smallest absolute Gasteiger partial charge is 0.131 e. The fraction of sp³-hybridized carbons (Fsp3) is 0.143. The fourth-order valence-electron chi connectivity index (χ4n) is 1.73. The second-order valence-electron chi connectivity index (χ2n) is 4.01. The van der Waals surface area contributed by atoms with Crippen LogP contribution in [0, 0.1) is 11.6 Å². The number of benzene rings is 2. The molecule has 0 spiro atoms. The molecule has 2 aromatic rings. The SMILES string of the molecule is OC(Cc1ccc(Br)cc1)c1ccc(F)cc1F. The summed E-state index contributed by atoms with van der Waals surface area (Å²) in [5.74, 6) is -1.37. The highest BCUT2D eigenvalue weighted by atomic mass is 79.9. The van der Waals surface area contributed by atoms with E-state index in [0.29, 0.717) is 0 Å². The first-order chi connectivity index (χ1) is 8.56. The van der Waals surface area contributed by atoms with Crippen LogP contribution >= 0.6 is 15.9 Å². The predicted octanol–water partition coefficient (Wildman–Crippen LogP) is 4.00. The molecular formula is C14H11BrF2O. The molecule has 0 aliphatic rings. The second-order valence-corrected chi connectivity index (χ2v) is 4.93.